The van der Waals surface area contributed by atoms with Gasteiger partial charge in [-0.3, -0.25) is 4.79 Å². The molecule has 2 aromatic rings. The van der Waals surface area contributed by atoms with E-state index in [0.29, 0.717) is 6.54 Å². The van der Waals surface area contributed by atoms with E-state index in [1.165, 1.54) is 17.7 Å². The molecule has 154 valence electrons. The lowest BCUT2D eigenvalue weighted by Crippen LogP contribution is -2.45. The second kappa shape index (κ2) is 8.64. The van der Waals surface area contributed by atoms with Crippen LogP contribution in [0.1, 0.15) is 42.9 Å². The summed E-state index contributed by atoms with van der Waals surface area (Å²) in [5, 5.41) is 0. The Balaban J connectivity index is 1.27. The number of nitrogens with two attached hydrogens (primary N) is 1. The average molecular weight is 396 g/mol. The van der Waals surface area contributed by atoms with E-state index in [4.69, 9.17) is 5.73 Å². The topological polar surface area (TPSA) is 49.6 Å². The van der Waals surface area contributed by atoms with Gasteiger partial charge in [0.15, 0.2) is 0 Å². The highest BCUT2D eigenvalue weighted by atomic mass is 19.1. The summed E-state index contributed by atoms with van der Waals surface area (Å²) in [6, 6.07) is 16.8. The van der Waals surface area contributed by atoms with Crippen LogP contribution in [-0.2, 0) is 11.3 Å². The Morgan fingerprint density at radius 2 is 1.62 bits per heavy atom. The van der Waals surface area contributed by atoms with Crippen LogP contribution in [-0.4, -0.2) is 41.9 Å². The van der Waals surface area contributed by atoms with E-state index in [0.717, 1.165) is 57.4 Å². The molecule has 1 amide bonds. The third-order valence-electron chi connectivity index (χ3n) is 6.69. The van der Waals surface area contributed by atoms with Crippen LogP contribution >= 0.6 is 0 Å². The second-order valence-corrected chi connectivity index (χ2v) is 8.53. The maximum Gasteiger partial charge on any atom is 0.229 e. The van der Waals surface area contributed by atoms with Crippen LogP contribution in [0, 0.1) is 11.2 Å². The third-order valence-corrected chi connectivity index (χ3v) is 6.69. The van der Waals surface area contributed by atoms with Gasteiger partial charge in [-0.2, -0.15) is 0 Å². The summed E-state index contributed by atoms with van der Waals surface area (Å²) in [5.41, 5.74) is 8.32. The number of hydrogen-bond donors (Lipinski definition) is 1. The molecule has 0 unspecified atom stereocenters. The molecule has 4 rings (SSSR count). The van der Waals surface area contributed by atoms with E-state index >= 15 is 0 Å². The van der Waals surface area contributed by atoms with E-state index in [-0.39, 0.29) is 23.2 Å². The van der Waals surface area contributed by atoms with E-state index in [1.807, 2.05) is 23.1 Å². The summed E-state index contributed by atoms with van der Waals surface area (Å²) in [6.45, 7) is 4.26. The molecule has 2 fully saturated rings. The summed E-state index contributed by atoms with van der Waals surface area (Å²) < 4.78 is 13.1. The van der Waals surface area contributed by atoms with Crippen LogP contribution in [0.5, 0.6) is 0 Å². The van der Waals surface area contributed by atoms with Gasteiger partial charge in [0.25, 0.3) is 0 Å². The molecule has 0 aliphatic carbocycles. The fourth-order valence-corrected chi connectivity index (χ4v) is 4.71. The van der Waals surface area contributed by atoms with Gasteiger partial charge < -0.3 is 15.5 Å². The van der Waals surface area contributed by atoms with Gasteiger partial charge in [-0.15, -0.1) is 0 Å². The highest BCUT2D eigenvalue weighted by molar-refractivity contribution is 5.85. The van der Waals surface area contributed by atoms with Gasteiger partial charge in [-0.25, -0.2) is 4.39 Å². The highest BCUT2D eigenvalue weighted by Gasteiger charge is 2.47. The fraction of sp³-hybridized carbons (Fsp3) is 0.458. The molecule has 0 saturated carbocycles. The van der Waals surface area contributed by atoms with Gasteiger partial charge in [0.05, 0.1) is 5.41 Å². The van der Waals surface area contributed by atoms with Crippen LogP contribution in [0.15, 0.2) is 54.6 Å². The SMILES string of the molecule is N[C@@H](CCN1CCC2(CC1)CCN(Cc1ccc(F)cc1)C2=O)c1ccccc1. The van der Waals surface area contributed by atoms with Gasteiger partial charge in [0, 0.05) is 19.1 Å². The number of piperidine rings is 1. The molecule has 2 heterocycles. The van der Waals surface area contributed by atoms with Crippen molar-refractivity contribution in [2.24, 2.45) is 11.1 Å². The molecule has 2 N–H and O–H groups in total. The molecule has 0 radical (unpaired) electrons. The van der Waals surface area contributed by atoms with Gasteiger partial charge in [-0.1, -0.05) is 42.5 Å². The van der Waals surface area contributed by atoms with Crippen molar-refractivity contribution in [3.8, 4) is 0 Å². The molecular weight excluding hydrogens is 365 g/mol. The number of rotatable bonds is 6. The number of carbonyl (C=O) groups excluding carboxylic acids is 1. The predicted octanol–water partition coefficient (Wildman–Crippen LogP) is 3.73. The quantitative estimate of drug-likeness (QED) is 0.811. The van der Waals surface area contributed by atoms with Crippen molar-refractivity contribution in [2.45, 2.75) is 38.3 Å². The molecule has 0 aromatic heterocycles. The Labute approximate surface area is 172 Å². The molecule has 2 aliphatic rings. The summed E-state index contributed by atoms with van der Waals surface area (Å²) in [7, 11) is 0. The number of amides is 1. The third kappa shape index (κ3) is 4.51. The second-order valence-electron chi connectivity index (χ2n) is 8.53. The number of benzene rings is 2. The Kier molecular flexibility index (Phi) is 5.97. The molecule has 4 nitrogen and oxygen atoms in total. The first kappa shape index (κ1) is 20.0. The molecule has 5 heteroatoms. The Hall–Kier alpha value is -2.24. The van der Waals surface area contributed by atoms with Crippen molar-refractivity contribution in [2.75, 3.05) is 26.2 Å². The van der Waals surface area contributed by atoms with Crippen molar-refractivity contribution >= 4 is 5.91 Å². The van der Waals surface area contributed by atoms with Crippen molar-refractivity contribution in [1.29, 1.82) is 0 Å². The first-order valence-electron chi connectivity index (χ1n) is 10.6. The summed E-state index contributed by atoms with van der Waals surface area (Å²) in [5.74, 6) is 0.0415. The number of hydrogen-bond acceptors (Lipinski definition) is 3. The first-order chi connectivity index (χ1) is 14.1. The lowest BCUT2D eigenvalue weighted by molar-refractivity contribution is -0.138. The summed E-state index contributed by atoms with van der Waals surface area (Å²) in [4.78, 5) is 17.5. The number of carbonyl (C=O) groups is 1. The zero-order valence-corrected chi connectivity index (χ0v) is 16.9. The molecular formula is C24H30FN3O. The Morgan fingerprint density at radius 3 is 2.31 bits per heavy atom. The molecule has 0 bridgehead atoms. The lowest BCUT2D eigenvalue weighted by atomic mass is 9.77. The van der Waals surface area contributed by atoms with Gasteiger partial charge in [-0.05, 0) is 68.6 Å². The number of halogens is 1. The van der Waals surface area contributed by atoms with Crippen molar-refractivity contribution in [3.05, 3.63) is 71.5 Å². The van der Waals surface area contributed by atoms with E-state index < -0.39 is 0 Å². The zero-order valence-electron chi connectivity index (χ0n) is 16.9. The normalized spacial score (nSPS) is 20.3. The van der Waals surface area contributed by atoms with Crippen molar-refractivity contribution < 1.29 is 9.18 Å². The summed E-state index contributed by atoms with van der Waals surface area (Å²) in [6.07, 6.45) is 3.71. The monoisotopic (exact) mass is 395 g/mol. The fourth-order valence-electron chi connectivity index (χ4n) is 4.71. The molecule has 2 aromatic carbocycles. The largest absolute Gasteiger partial charge is 0.338 e. The number of likely N-dealkylation sites (tertiary alicyclic amines) is 2. The Bertz CT molecular complexity index is 816. The van der Waals surface area contributed by atoms with Gasteiger partial charge in [0.2, 0.25) is 5.91 Å². The smallest absolute Gasteiger partial charge is 0.229 e. The maximum atomic E-state index is 13.1. The van der Waals surface area contributed by atoms with Crippen LogP contribution in [0.4, 0.5) is 4.39 Å². The van der Waals surface area contributed by atoms with Crippen molar-refractivity contribution in [1.82, 2.24) is 9.80 Å². The molecule has 29 heavy (non-hydrogen) atoms. The minimum absolute atomic E-state index is 0.0615. The molecule has 2 aliphatic heterocycles. The minimum Gasteiger partial charge on any atom is -0.338 e. The first-order valence-corrected chi connectivity index (χ1v) is 10.6. The zero-order chi connectivity index (χ0) is 20.3. The molecule has 1 spiro atoms. The predicted molar refractivity (Wildman–Crippen MR) is 113 cm³/mol. The van der Waals surface area contributed by atoms with E-state index in [2.05, 4.69) is 17.0 Å². The number of nitrogens with zero attached hydrogens (tertiary/aromatic N) is 2. The average Bonchev–Trinajstić information content (AvgIpc) is 3.05. The standard InChI is InChI=1S/C24H30FN3O/c25-21-8-6-19(7-9-21)18-28-17-13-24(23(28)29)11-15-27(16-12-24)14-10-22(26)20-4-2-1-3-5-20/h1-9,22H,10-18,26H2/t22-/m0/s1. The highest BCUT2D eigenvalue weighted by Crippen LogP contribution is 2.42. The van der Waals surface area contributed by atoms with Crippen LogP contribution in [0.25, 0.3) is 0 Å². The Morgan fingerprint density at radius 1 is 0.966 bits per heavy atom. The van der Waals surface area contributed by atoms with Crippen molar-refractivity contribution in [3.63, 3.8) is 0 Å². The van der Waals surface area contributed by atoms with Gasteiger partial charge in [0.1, 0.15) is 5.82 Å². The minimum atomic E-state index is -0.239. The van der Waals surface area contributed by atoms with Crippen LogP contribution < -0.4 is 5.73 Å². The van der Waals surface area contributed by atoms with Crippen LogP contribution in [0.2, 0.25) is 0 Å². The summed E-state index contributed by atoms with van der Waals surface area (Å²) >= 11 is 0. The van der Waals surface area contributed by atoms with Crippen LogP contribution in [0.3, 0.4) is 0 Å². The van der Waals surface area contributed by atoms with Gasteiger partial charge >= 0.3 is 0 Å². The maximum absolute atomic E-state index is 13.1. The molecule has 2 saturated heterocycles. The molecule has 1 atom stereocenters. The lowest BCUT2D eigenvalue weighted by Gasteiger charge is -2.38. The van der Waals surface area contributed by atoms with E-state index in [1.54, 1.807) is 12.1 Å². The van der Waals surface area contributed by atoms with E-state index in [9.17, 15) is 9.18 Å².